The fourth-order valence-corrected chi connectivity index (χ4v) is 3.41. The minimum atomic E-state index is -0.00837. The maximum absolute atomic E-state index is 12.2. The van der Waals surface area contributed by atoms with Gasteiger partial charge in [0.2, 0.25) is 0 Å². The summed E-state index contributed by atoms with van der Waals surface area (Å²) in [5.41, 5.74) is 0.527. The summed E-state index contributed by atoms with van der Waals surface area (Å²) in [5, 5.41) is 0. The molecule has 0 saturated heterocycles. The zero-order valence-electron chi connectivity index (χ0n) is 15.5. The van der Waals surface area contributed by atoms with E-state index >= 15 is 0 Å². The Morgan fingerprint density at radius 2 is 1.67 bits per heavy atom. The van der Waals surface area contributed by atoms with Crippen molar-refractivity contribution >= 4 is 5.97 Å². The van der Waals surface area contributed by atoms with Crippen LogP contribution in [0.2, 0.25) is 0 Å². The van der Waals surface area contributed by atoms with E-state index in [-0.39, 0.29) is 23.4 Å². The van der Waals surface area contributed by atoms with Crippen LogP contribution in [0, 0.1) is 28.6 Å². The predicted molar refractivity (Wildman–Crippen MR) is 89.1 cm³/mol. The van der Waals surface area contributed by atoms with Crippen molar-refractivity contribution in [1.82, 2.24) is 0 Å². The molecule has 0 heterocycles. The van der Waals surface area contributed by atoms with Crippen molar-refractivity contribution in [3.63, 3.8) is 0 Å². The van der Waals surface area contributed by atoms with E-state index in [0.717, 1.165) is 18.8 Å². The van der Waals surface area contributed by atoms with Crippen LogP contribution in [0.3, 0.4) is 0 Å². The molecule has 0 bridgehead atoms. The fourth-order valence-electron chi connectivity index (χ4n) is 3.41. The summed E-state index contributed by atoms with van der Waals surface area (Å²) in [5.74, 6) is 1.20. The van der Waals surface area contributed by atoms with Crippen LogP contribution in [-0.2, 0) is 9.53 Å². The Morgan fingerprint density at radius 1 is 1.10 bits per heavy atom. The van der Waals surface area contributed by atoms with E-state index in [1.165, 1.54) is 12.8 Å². The Kier molecular flexibility index (Phi) is 5.91. The van der Waals surface area contributed by atoms with Crippen LogP contribution in [-0.4, -0.2) is 12.1 Å². The number of carbonyl (C=O) groups excluding carboxylic acids is 1. The van der Waals surface area contributed by atoms with E-state index in [2.05, 4.69) is 41.5 Å². The molecule has 1 fully saturated rings. The van der Waals surface area contributed by atoms with Gasteiger partial charge in [-0.25, -0.2) is 0 Å². The van der Waals surface area contributed by atoms with Crippen LogP contribution < -0.4 is 0 Å². The topological polar surface area (TPSA) is 26.3 Å². The summed E-state index contributed by atoms with van der Waals surface area (Å²) in [6, 6.07) is 0. The summed E-state index contributed by atoms with van der Waals surface area (Å²) in [6.45, 7) is 17.9. The molecule has 0 aliphatic heterocycles. The molecule has 2 heteroatoms. The van der Waals surface area contributed by atoms with Crippen LogP contribution in [0.25, 0.3) is 0 Å². The lowest BCUT2D eigenvalue weighted by molar-refractivity contribution is -0.163. The van der Waals surface area contributed by atoms with Gasteiger partial charge in [0.15, 0.2) is 0 Å². The quantitative estimate of drug-likeness (QED) is 0.647. The molecule has 0 spiro atoms. The summed E-state index contributed by atoms with van der Waals surface area (Å²) in [4.78, 5) is 12.2. The van der Waals surface area contributed by atoms with Crippen molar-refractivity contribution in [2.75, 3.05) is 0 Å². The molecule has 0 N–H and O–H groups in total. The second-order valence-electron chi connectivity index (χ2n) is 9.13. The number of hydrogen-bond acceptors (Lipinski definition) is 2. The van der Waals surface area contributed by atoms with Gasteiger partial charge in [-0.05, 0) is 42.4 Å². The minimum absolute atomic E-state index is 0.00837. The maximum Gasteiger partial charge on any atom is 0.308 e. The summed E-state index contributed by atoms with van der Waals surface area (Å²) >= 11 is 0. The Hall–Kier alpha value is -0.530. The molecule has 1 saturated carbocycles. The molecule has 0 aromatic carbocycles. The van der Waals surface area contributed by atoms with Gasteiger partial charge < -0.3 is 4.74 Å². The normalized spacial score (nSPS) is 29.0. The second-order valence-corrected chi connectivity index (χ2v) is 9.13. The largest absolute Gasteiger partial charge is 0.462 e. The molecule has 0 radical (unpaired) electrons. The van der Waals surface area contributed by atoms with Crippen LogP contribution in [0.5, 0.6) is 0 Å². The Bertz CT molecular complexity index is 346. The third-order valence-corrected chi connectivity index (χ3v) is 5.41. The molecular formula is C19H36O2. The number of ether oxygens (including phenoxy) is 1. The van der Waals surface area contributed by atoms with Crippen LogP contribution in [0.4, 0.5) is 0 Å². The van der Waals surface area contributed by atoms with Crippen molar-refractivity contribution < 1.29 is 9.53 Å². The molecule has 1 aliphatic rings. The molecule has 0 aromatic rings. The smallest absolute Gasteiger partial charge is 0.308 e. The fraction of sp³-hybridized carbons (Fsp3) is 0.947. The third-order valence-electron chi connectivity index (χ3n) is 5.41. The van der Waals surface area contributed by atoms with Gasteiger partial charge in [-0.3, -0.25) is 4.79 Å². The van der Waals surface area contributed by atoms with Gasteiger partial charge in [0.25, 0.3) is 0 Å². The van der Waals surface area contributed by atoms with Crippen LogP contribution in [0.15, 0.2) is 0 Å². The highest BCUT2D eigenvalue weighted by molar-refractivity contribution is 5.72. The van der Waals surface area contributed by atoms with Gasteiger partial charge >= 0.3 is 5.97 Å². The first-order valence-electron chi connectivity index (χ1n) is 8.67. The maximum atomic E-state index is 12.2. The van der Waals surface area contributed by atoms with E-state index in [1.807, 2.05) is 13.8 Å². The lowest BCUT2D eigenvalue weighted by atomic mass is 9.62. The number of hydrogen-bond donors (Lipinski definition) is 0. The molecule has 1 aliphatic carbocycles. The molecule has 2 nitrogen and oxygen atoms in total. The lowest BCUT2D eigenvalue weighted by Crippen LogP contribution is -2.43. The van der Waals surface area contributed by atoms with Crippen LogP contribution in [0.1, 0.15) is 81.1 Å². The molecular weight excluding hydrogens is 260 g/mol. The van der Waals surface area contributed by atoms with Crippen molar-refractivity contribution in [2.24, 2.45) is 28.6 Å². The lowest BCUT2D eigenvalue weighted by Gasteiger charge is -2.46. The number of carbonyl (C=O) groups is 1. The van der Waals surface area contributed by atoms with Crippen molar-refractivity contribution in [2.45, 2.75) is 87.2 Å². The van der Waals surface area contributed by atoms with Crippen molar-refractivity contribution in [3.05, 3.63) is 0 Å². The average Bonchev–Trinajstić information content (AvgIpc) is 2.35. The Balaban J connectivity index is 2.83. The predicted octanol–water partition coefficient (Wildman–Crippen LogP) is 5.45. The van der Waals surface area contributed by atoms with E-state index in [9.17, 15) is 4.79 Å². The number of esters is 1. The van der Waals surface area contributed by atoms with Gasteiger partial charge in [-0.2, -0.15) is 0 Å². The second kappa shape index (κ2) is 6.71. The van der Waals surface area contributed by atoms with Gasteiger partial charge in [0, 0.05) is 5.92 Å². The molecule has 21 heavy (non-hydrogen) atoms. The molecule has 1 rings (SSSR count). The third kappa shape index (κ3) is 5.00. The monoisotopic (exact) mass is 296 g/mol. The molecule has 0 aromatic heterocycles. The summed E-state index contributed by atoms with van der Waals surface area (Å²) < 4.78 is 5.91. The van der Waals surface area contributed by atoms with Gasteiger partial charge in [0.05, 0.1) is 5.92 Å². The zero-order chi connectivity index (χ0) is 16.4. The Labute approximate surface area is 132 Å². The standard InChI is InChI=1S/C19H36O2/c1-9-13(2)17(20)21-16-11-10-14(18(3,4)5)12-15(16)19(6,7)8/h13-16H,9-12H2,1-8H3. The van der Waals surface area contributed by atoms with Gasteiger partial charge in [-0.15, -0.1) is 0 Å². The Morgan fingerprint density at radius 3 is 2.10 bits per heavy atom. The molecule has 124 valence electrons. The first kappa shape index (κ1) is 18.5. The van der Waals surface area contributed by atoms with E-state index in [4.69, 9.17) is 4.74 Å². The van der Waals surface area contributed by atoms with Crippen LogP contribution >= 0.6 is 0 Å². The molecule has 4 atom stereocenters. The highest BCUT2D eigenvalue weighted by Gasteiger charge is 2.42. The van der Waals surface area contributed by atoms with Crippen molar-refractivity contribution in [3.8, 4) is 0 Å². The zero-order valence-corrected chi connectivity index (χ0v) is 15.5. The van der Waals surface area contributed by atoms with Crippen molar-refractivity contribution in [1.29, 1.82) is 0 Å². The summed E-state index contributed by atoms with van der Waals surface area (Å²) in [6.07, 6.45) is 4.33. The summed E-state index contributed by atoms with van der Waals surface area (Å²) in [7, 11) is 0. The number of rotatable bonds is 3. The van der Waals surface area contributed by atoms with Gasteiger partial charge in [0.1, 0.15) is 6.10 Å². The van der Waals surface area contributed by atoms with Gasteiger partial charge in [-0.1, -0.05) is 55.4 Å². The average molecular weight is 296 g/mol. The highest BCUT2D eigenvalue weighted by atomic mass is 16.5. The first-order valence-corrected chi connectivity index (χ1v) is 8.67. The molecule has 4 unspecified atom stereocenters. The van der Waals surface area contributed by atoms with E-state index in [0.29, 0.717) is 11.3 Å². The highest BCUT2D eigenvalue weighted by Crippen LogP contribution is 2.47. The first-order chi connectivity index (χ1) is 9.46. The SMILES string of the molecule is CCC(C)C(=O)OC1CCC(C(C)(C)C)CC1C(C)(C)C. The molecule has 0 amide bonds. The van der Waals surface area contributed by atoms with E-state index < -0.39 is 0 Å². The minimum Gasteiger partial charge on any atom is -0.462 e. The van der Waals surface area contributed by atoms with E-state index in [1.54, 1.807) is 0 Å².